The molecule has 0 aliphatic carbocycles. The van der Waals surface area contributed by atoms with E-state index in [1.54, 1.807) is 0 Å². The van der Waals surface area contributed by atoms with Crippen LogP contribution in [-0.2, 0) is 0 Å². The molecule has 0 saturated carbocycles. The Morgan fingerprint density at radius 1 is 0.405 bits per heavy atom. The number of rotatable bonds is 3. The molecule has 0 atom stereocenters. The van der Waals surface area contributed by atoms with Crippen LogP contribution < -0.4 is 0 Å². The third-order valence-corrected chi connectivity index (χ3v) is 9.68. The molecule has 0 aliphatic rings. The Labute approximate surface area is 247 Å². The zero-order valence-electron chi connectivity index (χ0n) is 22.8. The van der Waals surface area contributed by atoms with Gasteiger partial charge in [0.2, 0.25) is 0 Å². The molecule has 7 aromatic carbocycles. The number of nitrogens with zero attached hydrogens (tertiary/aromatic N) is 1. The van der Waals surface area contributed by atoms with Crippen molar-refractivity contribution in [2.45, 2.75) is 0 Å². The minimum Gasteiger partial charge on any atom is -0.309 e. The zero-order chi connectivity index (χ0) is 27.6. The SMILES string of the molecule is c1ccc(-c2ccc(-c3cccc(-n4c5ccccc5c5ccc6sc7cc8ccccc8cc7c6c54)c3)cc2)cc1. The Bertz CT molecular complexity index is 2440. The first kappa shape index (κ1) is 23.5. The summed E-state index contributed by atoms with van der Waals surface area (Å²) in [5, 5.41) is 7.82. The van der Waals surface area contributed by atoms with Gasteiger partial charge in [0.05, 0.1) is 11.0 Å². The lowest BCUT2D eigenvalue weighted by molar-refractivity contribution is 1.19. The molecule has 2 aromatic heterocycles. The van der Waals surface area contributed by atoms with Crippen molar-refractivity contribution in [3.63, 3.8) is 0 Å². The van der Waals surface area contributed by atoms with Crippen LogP contribution in [0.2, 0.25) is 0 Å². The molecule has 196 valence electrons. The smallest absolute Gasteiger partial charge is 0.0634 e. The van der Waals surface area contributed by atoms with E-state index in [1.807, 2.05) is 11.3 Å². The molecule has 0 unspecified atom stereocenters. The van der Waals surface area contributed by atoms with Gasteiger partial charge in [-0.1, -0.05) is 115 Å². The highest BCUT2D eigenvalue weighted by molar-refractivity contribution is 7.26. The monoisotopic (exact) mass is 551 g/mol. The van der Waals surface area contributed by atoms with Crippen LogP contribution in [0.5, 0.6) is 0 Å². The fourth-order valence-corrected chi connectivity index (χ4v) is 7.72. The quantitative estimate of drug-likeness (QED) is 0.206. The van der Waals surface area contributed by atoms with Gasteiger partial charge in [-0.3, -0.25) is 0 Å². The van der Waals surface area contributed by atoms with Crippen molar-refractivity contribution in [3.05, 3.63) is 152 Å². The summed E-state index contributed by atoms with van der Waals surface area (Å²) in [4.78, 5) is 0. The maximum Gasteiger partial charge on any atom is 0.0634 e. The van der Waals surface area contributed by atoms with E-state index in [1.165, 1.54) is 80.7 Å². The predicted molar refractivity (Wildman–Crippen MR) is 182 cm³/mol. The van der Waals surface area contributed by atoms with Crippen LogP contribution in [0.3, 0.4) is 0 Å². The van der Waals surface area contributed by atoms with E-state index in [0.29, 0.717) is 0 Å². The zero-order valence-corrected chi connectivity index (χ0v) is 23.6. The fourth-order valence-electron chi connectivity index (χ4n) is 6.58. The van der Waals surface area contributed by atoms with Crippen molar-refractivity contribution in [2.75, 3.05) is 0 Å². The lowest BCUT2D eigenvalue weighted by atomic mass is 10.00. The van der Waals surface area contributed by atoms with Gasteiger partial charge < -0.3 is 4.57 Å². The lowest BCUT2D eigenvalue weighted by Gasteiger charge is -2.12. The van der Waals surface area contributed by atoms with Crippen molar-refractivity contribution in [2.24, 2.45) is 0 Å². The Hall–Kier alpha value is -5.18. The molecular weight excluding hydrogens is 527 g/mol. The van der Waals surface area contributed by atoms with Gasteiger partial charge in [-0.05, 0) is 69.4 Å². The summed E-state index contributed by atoms with van der Waals surface area (Å²) in [5.74, 6) is 0. The molecule has 1 nitrogen and oxygen atoms in total. The number of hydrogen-bond acceptors (Lipinski definition) is 1. The molecule has 0 amide bonds. The number of aromatic nitrogens is 1. The maximum absolute atomic E-state index is 2.48. The fraction of sp³-hybridized carbons (Fsp3) is 0. The molecule has 0 aliphatic heterocycles. The minimum absolute atomic E-state index is 1.18. The molecule has 0 fully saturated rings. The molecule has 42 heavy (non-hydrogen) atoms. The summed E-state index contributed by atoms with van der Waals surface area (Å²) in [6.07, 6.45) is 0. The summed E-state index contributed by atoms with van der Waals surface area (Å²) in [6, 6.07) is 55.4. The van der Waals surface area contributed by atoms with Gasteiger partial charge in [-0.2, -0.15) is 0 Å². The van der Waals surface area contributed by atoms with Crippen LogP contribution in [0.15, 0.2) is 152 Å². The van der Waals surface area contributed by atoms with Crippen molar-refractivity contribution in [1.29, 1.82) is 0 Å². The van der Waals surface area contributed by atoms with Gasteiger partial charge in [-0.25, -0.2) is 0 Å². The molecule has 0 radical (unpaired) electrons. The summed E-state index contributed by atoms with van der Waals surface area (Å²) in [5.41, 5.74) is 8.60. The van der Waals surface area contributed by atoms with E-state index in [9.17, 15) is 0 Å². The minimum atomic E-state index is 1.18. The molecule has 0 N–H and O–H groups in total. The van der Waals surface area contributed by atoms with Crippen LogP contribution in [-0.4, -0.2) is 4.57 Å². The first-order chi connectivity index (χ1) is 20.8. The Morgan fingerprint density at radius 3 is 1.90 bits per heavy atom. The molecule has 0 saturated heterocycles. The third kappa shape index (κ3) is 3.56. The summed E-state index contributed by atoms with van der Waals surface area (Å²) >= 11 is 1.89. The average molecular weight is 552 g/mol. The second-order valence-corrected chi connectivity index (χ2v) is 12.1. The standard InChI is InChI=1S/C40H25NS/c1-2-9-26(10-3-1)27-17-19-28(20-18-27)29-13-8-14-32(23-29)41-36-16-7-6-15-33(36)34-21-22-37-39(40(34)41)35-24-30-11-4-5-12-31(30)25-38(35)42-37/h1-25H. The van der Waals surface area contributed by atoms with Crippen molar-refractivity contribution in [1.82, 2.24) is 4.57 Å². The Morgan fingerprint density at radius 2 is 1.07 bits per heavy atom. The lowest BCUT2D eigenvalue weighted by Crippen LogP contribution is -1.94. The topological polar surface area (TPSA) is 4.93 Å². The van der Waals surface area contributed by atoms with Gasteiger partial charge in [0.25, 0.3) is 0 Å². The first-order valence-corrected chi connectivity index (χ1v) is 15.2. The van der Waals surface area contributed by atoms with Gasteiger partial charge in [0.15, 0.2) is 0 Å². The van der Waals surface area contributed by atoms with Crippen LogP contribution in [0.25, 0.3) is 80.7 Å². The van der Waals surface area contributed by atoms with Crippen LogP contribution in [0.1, 0.15) is 0 Å². The van der Waals surface area contributed by atoms with E-state index in [2.05, 4.69) is 156 Å². The van der Waals surface area contributed by atoms with Crippen molar-refractivity contribution < 1.29 is 0 Å². The molecule has 9 aromatic rings. The molecule has 9 rings (SSSR count). The summed E-state index contributed by atoms with van der Waals surface area (Å²) in [6.45, 7) is 0. The number of thiophene rings is 1. The average Bonchev–Trinajstić information content (AvgIpc) is 3.59. The van der Waals surface area contributed by atoms with Crippen molar-refractivity contribution >= 4 is 64.1 Å². The van der Waals surface area contributed by atoms with Gasteiger partial charge >= 0.3 is 0 Å². The second-order valence-electron chi connectivity index (χ2n) is 11.0. The van der Waals surface area contributed by atoms with E-state index in [-0.39, 0.29) is 0 Å². The molecule has 2 heteroatoms. The number of para-hydroxylation sites is 1. The van der Waals surface area contributed by atoms with Crippen LogP contribution in [0, 0.1) is 0 Å². The third-order valence-electron chi connectivity index (χ3n) is 8.57. The van der Waals surface area contributed by atoms with E-state index in [0.717, 1.165) is 0 Å². The summed E-state index contributed by atoms with van der Waals surface area (Å²) in [7, 11) is 0. The number of hydrogen-bond donors (Lipinski definition) is 0. The van der Waals surface area contributed by atoms with E-state index in [4.69, 9.17) is 0 Å². The van der Waals surface area contributed by atoms with Gasteiger partial charge in [-0.15, -0.1) is 11.3 Å². The Balaban J connectivity index is 1.30. The van der Waals surface area contributed by atoms with E-state index < -0.39 is 0 Å². The molecule has 0 spiro atoms. The number of fused-ring (bicyclic) bond motifs is 8. The molecule has 0 bridgehead atoms. The van der Waals surface area contributed by atoms with Crippen LogP contribution in [0.4, 0.5) is 0 Å². The van der Waals surface area contributed by atoms with Crippen LogP contribution >= 0.6 is 11.3 Å². The highest BCUT2D eigenvalue weighted by atomic mass is 32.1. The van der Waals surface area contributed by atoms with Gasteiger partial charge in [0, 0.05) is 36.6 Å². The highest BCUT2D eigenvalue weighted by Gasteiger charge is 2.18. The van der Waals surface area contributed by atoms with Gasteiger partial charge in [0.1, 0.15) is 0 Å². The van der Waals surface area contributed by atoms with Crippen molar-refractivity contribution in [3.8, 4) is 27.9 Å². The maximum atomic E-state index is 2.48. The first-order valence-electron chi connectivity index (χ1n) is 14.4. The number of benzene rings is 7. The molecular formula is C40H25NS. The normalized spacial score (nSPS) is 11.8. The molecule has 2 heterocycles. The highest BCUT2D eigenvalue weighted by Crippen LogP contribution is 2.44. The largest absolute Gasteiger partial charge is 0.309 e. The van der Waals surface area contributed by atoms with E-state index >= 15 is 0 Å². The Kier molecular flexibility index (Phi) is 5.13. The predicted octanol–water partition coefficient (Wildman–Crippen LogP) is 11.6. The summed E-state index contributed by atoms with van der Waals surface area (Å²) < 4.78 is 5.14. The second kappa shape index (κ2) is 9.17.